The molecule has 2 heterocycles. The third-order valence-corrected chi connectivity index (χ3v) is 4.78. The van der Waals surface area contributed by atoms with E-state index in [1.165, 1.54) is 12.8 Å². The van der Waals surface area contributed by atoms with Crippen LogP contribution >= 0.6 is 0 Å². The van der Waals surface area contributed by atoms with Gasteiger partial charge < -0.3 is 10.2 Å². The summed E-state index contributed by atoms with van der Waals surface area (Å²) in [5, 5.41) is 3.07. The fourth-order valence-electron chi connectivity index (χ4n) is 2.22. The molecule has 2 rings (SSSR count). The molecule has 1 aliphatic rings. The average molecular weight is 313 g/mol. The van der Waals surface area contributed by atoms with Crippen LogP contribution in [0.5, 0.6) is 0 Å². The van der Waals surface area contributed by atoms with Crippen molar-refractivity contribution in [2.24, 2.45) is 0 Å². The molecule has 1 aromatic rings. The van der Waals surface area contributed by atoms with E-state index >= 15 is 0 Å². The number of nitrogens with one attached hydrogen (secondary N) is 2. The van der Waals surface area contributed by atoms with Gasteiger partial charge in [0.1, 0.15) is 5.82 Å². The highest BCUT2D eigenvalue weighted by Gasteiger charge is 2.15. The maximum atomic E-state index is 11.3. The minimum Gasteiger partial charge on any atom is -0.356 e. The van der Waals surface area contributed by atoms with Crippen molar-refractivity contribution in [3.8, 4) is 0 Å². The molecule has 0 atom stereocenters. The molecular formula is C13H23N5O2S. The molecule has 0 amide bonds. The van der Waals surface area contributed by atoms with E-state index < -0.39 is 10.0 Å². The Bertz CT molecular complexity index is 570. The van der Waals surface area contributed by atoms with E-state index in [1.807, 2.05) is 13.0 Å². The van der Waals surface area contributed by atoms with Gasteiger partial charge in [-0.15, -0.1) is 0 Å². The standard InChI is InChI=1S/C13H23N5O2S/c1-3-21(19,20)15-7-6-14-13-16-11(2)10-12(17-13)18-8-4-5-9-18/h10,15H,3-9H2,1-2H3,(H,14,16,17). The normalized spacial score (nSPS) is 15.4. The molecule has 0 saturated carbocycles. The Kier molecular flexibility index (Phi) is 5.35. The maximum absolute atomic E-state index is 11.3. The minimum atomic E-state index is -3.14. The monoisotopic (exact) mass is 313 g/mol. The number of nitrogens with zero attached hydrogens (tertiary/aromatic N) is 3. The summed E-state index contributed by atoms with van der Waals surface area (Å²) >= 11 is 0. The summed E-state index contributed by atoms with van der Waals surface area (Å²) < 4.78 is 25.1. The zero-order valence-electron chi connectivity index (χ0n) is 12.6. The van der Waals surface area contributed by atoms with Crippen molar-refractivity contribution in [2.75, 3.05) is 42.1 Å². The smallest absolute Gasteiger partial charge is 0.224 e. The van der Waals surface area contributed by atoms with Gasteiger partial charge in [-0.3, -0.25) is 0 Å². The molecule has 1 aromatic heterocycles. The topological polar surface area (TPSA) is 87.2 Å². The van der Waals surface area contributed by atoms with E-state index in [2.05, 4.69) is 24.9 Å². The molecule has 1 aliphatic heterocycles. The summed E-state index contributed by atoms with van der Waals surface area (Å²) in [7, 11) is -3.14. The van der Waals surface area contributed by atoms with Crippen molar-refractivity contribution >= 4 is 21.8 Å². The number of sulfonamides is 1. The lowest BCUT2D eigenvalue weighted by atomic mass is 10.4. The molecule has 8 heteroatoms. The van der Waals surface area contributed by atoms with Crippen molar-refractivity contribution in [1.82, 2.24) is 14.7 Å². The predicted molar refractivity (Wildman–Crippen MR) is 84.2 cm³/mol. The van der Waals surface area contributed by atoms with Gasteiger partial charge in [-0.25, -0.2) is 18.1 Å². The van der Waals surface area contributed by atoms with Crippen molar-refractivity contribution in [3.63, 3.8) is 0 Å². The maximum Gasteiger partial charge on any atom is 0.224 e. The quantitative estimate of drug-likeness (QED) is 0.722. The van der Waals surface area contributed by atoms with Gasteiger partial charge in [-0.05, 0) is 26.7 Å². The number of rotatable bonds is 7. The van der Waals surface area contributed by atoms with Gasteiger partial charge in [-0.2, -0.15) is 4.98 Å². The fraction of sp³-hybridized carbons (Fsp3) is 0.692. The van der Waals surface area contributed by atoms with E-state index in [0.717, 1.165) is 24.6 Å². The number of anilines is 2. The van der Waals surface area contributed by atoms with Crippen molar-refractivity contribution in [3.05, 3.63) is 11.8 Å². The van der Waals surface area contributed by atoms with Gasteiger partial charge in [0.25, 0.3) is 0 Å². The Morgan fingerprint density at radius 3 is 2.62 bits per heavy atom. The third kappa shape index (κ3) is 4.82. The first kappa shape index (κ1) is 16.0. The van der Waals surface area contributed by atoms with Crippen LogP contribution in [0.1, 0.15) is 25.5 Å². The van der Waals surface area contributed by atoms with Crippen LogP contribution in [-0.4, -0.2) is 50.3 Å². The van der Waals surface area contributed by atoms with Crippen molar-refractivity contribution in [1.29, 1.82) is 0 Å². The summed E-state index contributed by atoms with van der Waals surface area (Å²) in [5.74, 6) is 1.58. The summed E-state index contributed by atoms with van der Waals surface area (Å²) in [6.45, 7) is 6.40. The van der Waals surface area contributed by atoms with E-state index in [1.54, 1.807) is 6.92 Å². The number of hydrogen-bond donors (Lipinski definition) is 2. The van der Waals surface area contributed by atoms with Gasteiger partial charge in [0.2, 0.25) is 16.0 Å². The second kappa shape index (κ2) is 7.04. The highest BCUT2D eigenvalue weighted by Crippen LogP contribution is 2.19. The van der Waals surface area contributed by atoms with Gasteiger partial charge in [0.05, 0.1) is 5.75 Å². The van der Waals surface area contributed by atoms with Gasteiger partial charge in [0.15, 0.2) is 0 Å². The minimum absolute atomic E-state index is 0.0903. The largest absolute Gasteiger partial charge is 0.356 e. The first-order chi connectivity index (χ1) is 10.00. The molecule has 0 unspecified atom stereocenters. The van der Waals surface area contributed by atoms with E-state index in [9.17, 15) is 8.42 Å². The van der Waals surface area contributed by atoms with Crippen LogP contribution in [0.25, 0.3) is 0 Å². The Morgan fingerprint density at radius 2 is 1.95 bits per heavy atom. The van der Waals surface area contributed by atoms with Gasteiger partial charge >= 0.3 is 0 Å². The van der Waals surface area contributed by atoms with Crippen LogP contribution < -0.4 is 14.9 Å². The van der Waals surface area contributed by atoms with Crippen LogP contribution in [0, 0.1) is 6.92 Å². The number of aromatic nitrogens is 2. The second-order valence-electron chi connectivity index (χ2n) is 5.11. The molecular weight excluding hydrogens is 290 g/mol. The first-order valence-corrected chi connectivity index (χ1v) is 8.97. The first-order valence-electron chi connectivity index (χ1n) is 7.32. The Balaban J connectivity index is 1.91. The summed E-state index contributed by atoms with van der Waals surface area (Å²) in [5.41, 5.74) is 0.906. The van der Waals surface area contributed by atoms with E-state index in [4.69, 9.17) is 0 Å². The highest BCUT2D eigenvalue weighted by molar-refractivity contribution is 7.89. The molecule has 1 saturated heterocycles. The van der Waals surface area contributed by atoms with Crippen LogP contribution in [0.2, 0.25) is 0 Å². The second-order valence-corrected chi connectivity index (χ2v) is 7.21. The van der Waals surface area contributed by atoms with Crippen LogP contribution in [0.15, 0.2) is 6.07 Å². The molecule has 0 aliphatic carbocycles. The summed E-state index contributed by atoms with van der Waals surface area (Å²) in [6, 6.07) is 1.98. The van der Waals surface area contributed by atoms with Gasteiger partial charge in [0, 0.05) is 37.9 Å². The molecule has 2 N–H and O–H groups in total. The third-order valence-electron chi connectivity index (χ3n) is 3.38. The van der Waals surface area contributed by atoms with Gasteiger partial charge in [-0.1, -0.05) is 0 Å². The molecule has 118 valence electrons. The number of hydrogen-bond acceptors (Lipinski definition) is 6. The molecule has 7 nitrogen and oxygen atoms in total. The Hall–Kier alpha value is -1.41. The zero-order chi connectivity index (χ0) is 15.3. The van der Waals surface area contributed by atoms with E-state index in [0.29, 0.717) is 19.0 Å². The fourth-order valence-corrected chi connectivity index (χ4v) is 2.84. The van der Waals surface area contributed by atoms with Crippen molar-refractivity contribution < 1.29 is 8.42 Å². The van der Waals surface area contributed by atoms with Crippen LogP contribution in [0.4, 0.5) is 11.8 Å². The lowest BCUT2D eigenvalue weighted by Crippen LogP contribution is -2.30. The number of aryl methyl sites for hydroxylation is 1. The summed E-state index contributed by atoms with van der Waals surface area (Å²) in [6.07, 6.45) is 2.40. The lowest BCUT2D eigenvalue weighted by Gasteiger charge is -2.17. The zero-order valence-corrected chi connectivity index (χ0v) is 13.4. The molecule has 0 bridgehead atoms. The van der Waals surface area contributed by atoms with Crippen molar-refractivity contribution in [2.45, 2.75) is 26.7 Å². The van der Waals surface area contributed by atoms with E-state index in [-0.39, 0.29) is 5.75 Å². The Labute approximate surface area is 126 Å². The Morgan fingerprint density at radius 1 is 1.24 bits per heavy atom. The van der Waals surface area contributed by atoms with Crippen LogP contribution in [0.3, 0.4) is 0 Å². The molecule has 1 fully saturated rings. The lowest BCUT2D eigenvalue weighted by molar-refractivity contribution is 0.584. The van der Waals surface area contributed by atoms with Crippen LogP contribution in [-0.2, 0) is 10.0 Å². The predicted octanol–water partition coefficient (Wildman–Crippen LogP) is 0.736. The molecule has 21 heavy (non-hydrogen) atoms. The SMILES string of the molecule is CCS(=O)(=O)NCCNc1nc(C)cc(N2CCCC2)n1. The average Bonchev–Trinajstić information content (AvgIpc) is 2.97. The molecule has 0 spiro atoms. The highest BCUT2D eigenvalue weighted by atomic mass is 32.2. The summed E-state index contributed by atoms with van der Waals surface area (Å²) in [4.78, 5) is 11.1. The molecule has 0 aromatic carbocycles. The molecule has 0 radical (unpaired) electrons.